The minimum atomic E-state index is -0.508. The number of carbonyl (C=O) groups excluding carboxylic acids is 1. The number of morpholine rings is 1. The molecule has 1 unspecified atom stereocenters. The van der Waals surface area contributed by atoms with E-state index >= 15 is 0 Å². The highest BCUT2D eigenvalue weighted by Gasteiger charge is 2.35. The fourth-order valence-electron chi connectivity index (χ4n) is 4.05. The Labute approximate surface area is 160 Å². The summed E-state index contributed by atoms with van der Waals surface area (Å²) < 4.78 is 24.7. The predicted molar refractivity (Wildman–Crippen MR) is 101 cm³/mol. The second-order valence-corrected chi connectivity index (χ2v) is 7.51. The summed E-state index contributed by atoms with van der Waals surface area (Å²) in [5.74, 6) is -0.413. The first-order valence-corrected chi connectivity index (χ1v) is 9.68. The van der Waals surface area contributed by atoms with Gasteiger partial charge in [-0.05, 0) is 43.6 Å². The van der Waals surface area contributed by atoms with Gasteiger partial charge in [0.1, 0.15) is 11.9 Å². The zero-order valence-corrected chi connectivity index (χ0v) is 16.0. The fourth-order valence-corrected chi connectivity index (χ4v) is 4.05. The Kier molecular flexibility index (Phi) is 7.18. The molecule has 1 aromatic rings. The van der Waals surface area contributed by atoms with Gasteiger partial charge in [0.15, 0.2) is 0 Å². The summed E-state index contributed by atoms with van der Waals surface area (Å²) in [6.07, 6.45) is 1.92. The summed E-state index contributed by atoms with van der Waals surface area (Å²) in [4.78, 5) is 15.2. The maximum atomic E-state index is 13.8. The second-order valence-electron chi connectivity index (χ2n) is 7.51. The number of benzene rings is 1. The quantitative estimate of drug-likeness (QED) is 0.749. The molecule has 1 amide bonds. The summed E-state index contributed by atoms with van der Waals surface area (Å²) in [6, 6.07) is 5.82. The molecule has 27 heavy (non-hydrogen) atoms. The van der Waals surface area contributed by atoms with E-state index in [9.17, 15) is 9.18 Å². The second kappa shape index (κ2) is 9.59. The summed E-state index contributed by atoms with van der Waals surface area (Å²) in [5, 5.41) is 6.50. The highest BCUT2D eigenvalue weighted by Crippen LogP contribution is 2.29. The Hall–Kier alpha value is -1.54. The standard InChI is InChI=1S/C20H30FN3O3/c1-26-15-20(5-7-22-8-6-20)14-23-19(25)18(24-9-11-27-12-10-24)16-3-2-4-17(21)13-16/h2-4,13,18,22H,5-12,14-15H2,1H3,(H,23,25). The normalized spacial score (nSPS) is 21.6. The number of carbonyl (C=O) groups is 1. The molecule has 2 aliphatic heterocycles. The highest BCUT2D eigenvalue weighted by atomic mass is 19.1. The lowest BCUT2D eigenvalue weighted by Gasteiger charge is -2.38. The van der Waals surface area contributed by atoms with Crippen molar-refractivity contribution in [1.29, 1.82) is 0 Å². The number of methoxy groups -OCH3 is 1. The number of amides is 1. The van der Waals surface area contributed by atoms with Crippen LogP contribution in [0.4, 0.5) is 4.39 Å². The van der Waals surface area contributed by atoms with Crippen molar-refractivity contribution >= 4 is 5.91 Å². The Morgan fingerprint density at radius 2 is 2.11 bits per heavy atom. The van der Waals surface area contributed by atoms with Gasteiger partial charge in [-0.1, -0.05) is 12.1 Å². The molecule has 150 valence electrons. The van der Waals surface area contributed by atoms with Crippen LogP contribution in [0, 0.1) is 11.2 Å². The van der Waals surface area contributed by atoms with Crippen molar-refractivity contribution in [3.8, 4) is 0 Å². The summed E-state index contributed by atoms with van der Waals surface area (Å²) in [7, 11) is 1.70. The lowest BCUT2D eigenvalue weighted by Crippen LogP contribution is -2.50. The number of hydrogen-bond acceptors (Lipinski definition) is 5. The van der Waals surface area contributed by atoms with Crippen LogP contribution < -0.4 is 10.6 Å². The van der Waals surface area contributed by atoms with Crippen LogP contribution in [-0.2, 0) is 14.3 Å². The van der Waals surface area contributed by atoms with Gasteiger partial charge < -0.3 is 20.1 Å². The number of rotatable bonds is 7. The first-order chi connectivity index (χ1) is 13.1. The van der Waals surface area contributed by atoms with E-state index in [-0.39, 0.29) is 17.1 Å². The van der Waals surface area contributed by atoms with Crippen LogP contribution in [0.15, 0.2) is 24.3 Å². The average molecular weight is 379 g/mol. The van der Waals surface area contributed by atoms with Gasteiger partial charge in [0.2, 0.25) is 5.91 Å². The molecule has 0 saturated carbocycles. The van der Waals surface area contributed by atoms with Crippen LogP contribution in [0.3, 0.4) is 0 Å². The van der Waals surface area contributed by atoms with Crippen molar-refractivity contribution in [2.45, 2.75) is 18.9 Å². The number of ether oxygens (including phenoxy) is 2. The predicted octanol–water partition coefficient (Wildman–Crippen LogP) is 1.33. The van der Waals surface area contributed by atoms with E-state index in [0.717, 1.165) is 25.9 Å². The zero-order chi connectivity index (χ0) is 19.1. The Morgan fingerprint density at radius 3 is 2.78 bits per heavy atom. The van der Waals surface area contributed by atoms with Crippen molar-refractivity contribution in [2.24, 2.45) is 5.41 Å². The van der Waals surface area contributed by atoms with Gasteiger partial charge in [-0.3, -0.25) is 9.69 Å². The number of nitrogens with one attached hydrogen (secondary N) is 2. The van der Waals surface area contributed by atoms with Crippen molar-refractivity contribution in [2.75, 3.05) is 59.7 Å². The maximum absolute atomic E-state index is 13.8. The van der Waals surface area contributed by atoms with Gasteiger partial charge in [-0.25, -0.2) is 4.39 Å². The van der Waals surface area contributed by atoms with Crippen molar-refractivity contribution in [3.05, 3.63) is 35.6 Å². The third-order valence-electron chi connectivity index (χ3n) is 5.58. The summed E-state index contributed by atoms with van der Waals surface area (Å²) in [5.41, 5.74) is 0.633. The molecule has 1 aromatic carbocycles. The van der Waals surface area contributed by atoms with Gasteiger partial charge in [0.25, 0.3) is 0 Å². The first kappa shape index (κ1) is 20.2. The molecular formula is C20H30FN3O3. The molecule has 2 aliphatic rings. The van der Waals surface area contributed by atoms with E-state index < -0.39 is 6.04 Å². The smallest absolute Gasteiger partial charge is 0.241 e. The van der Waals surface area contributed by atoms with Gasteiger partial charge in [0, 0.05) is 32.2 Å². The van der Waals surface area contributed by atoms with Gasteiger partial charge in [-0.15, -0.1) is 0 Å². The summed E-state index contributed by atoms with van der Waals surface area (Å²) >= 11 is 0. The van der Waals surface area contributed by atoms with Crippen LogP contribution in [0.5, 0.6) is 0 Å². The largest absolute Gasteiger partial charge is 0.384 e. The zero-order valence-electron chi connectivity index (χ0n) is 16.0. The van der Waals surface area contributed by atoms with Crippen LogP contribution >= 0.6 is 0 Å². The van der Waals surface area contributed by atoms with Crippen LogP contribution in [-0.4, -0.2) is 70.5 Å². The van der Waals surface area contributed by atoms with Crippen LogP contribution in [0.2, 0.25) is 0 Å². The molecule has 1 atom stereocenters. The Morgan fingerprint density at radius 1 is 1.37 bits per heavy atom. The lowest BCUT2D eigenvalue weighted by molar-refractivity contribution is -0.129. The highest BCUT2D eigenvalue weighted by molar-refractivity contribution is 5.83. The molecule has 2 N–H and O–H groups in total. The minimum Gasteiger partial charge on any atom is -0.384 e. The van der Waals surface area contributed by atoms with E-state index in [4.69, 9.17) is 9.47 Å². The van der Waals surface area contributed by atoms with E-state index in [2.05, 4.69) is 15.5 Å². The number of hydrogen-bond donors (Lipinski definition) is 2. The Balaban J connectivity index is 1.74. The van der Waals surface area contributed by atoms with Gasteiger partial charge in [0.05, 0.1) is 19.8 Å². The molecule has 0 aromatic heterocycles. The van der Waals surface area contributed by atoms with Crippen LogP contribution in [0.1, 0.15) is 24.4 Å². The molecule has 3 rings (SSSR count). The lowest BCUT2D eigenvalue weighted by atomic mass is 9.79. The molecule has 0 radical (unpaired) electrons. The third-order valence-corrected chi connectivity index (χ3v) is 5.58. The third kappa shape index (κ3) is 5.25. The SMILES string of the molecule is COCC1(CNC(=O)C(c2cccc(F)c2)N2CCOCC2)CCNCC1. The van der Waals surface area contributed by atoms with E-state index in [0.29, 0.717) is 45.0 Å². The van der Waals surface area contributed by atoms with E-state index in [1.165, 1.54) is 12.1 Å². The fraction of sp³-hybridized carbons (Fsp3) is 0.650. The molecule has 0 aliphatic carbocycles. The maximum Gasteiger partial charge on any atom is 0.241 e. The van der Waals surface area contributed by atoms with E-state index in [1.54, 1.807) is 13.2 Å². The number of piperidine rings is 1. The van der Waals surface area contributed by atoms with Gasteiger partial charge >= 0.3 is 0 Å². The molecule has 2 fully saturated rings. The number of halogens is 1. The van der Waals surface area contributed by atoms with Crippen molar-refractivity contribution < 1.29 is 18.7 Å². The molecule has 2 heterocycles. The topological polar surface area (TPSA) is 62.8 Å². The monoisotopic (exact) mass is 379 g/mol. The first-order valence-electron chi connectivity index (χ1n) is 9.68. The Bertz CT molecular complexity index is 611. The van der Waals surface area contributed by atoms with Crippen LogP contribution in [0.25, 0.3) is 0 Å². The summed E-state index contributed by atoms with van der Waals surface area (Å²) in [6.45, 7) is 5.51. The van der Waals surface area contributed by atoms with Crippen molar-refractivity contribution in [3.63, 3.8) is 0 Å². The number of nitrogens with zero attached hydrogens (tertiary/aromatic N) is 1. The minimum absolute atomic E-state index is 0.0485. The molecule has 0 spiro atoms. The van der Waals surface area contributed by atoms with Gasteiger partial charge in [-0.2, -0.15) is 0 Å². The molecule has 7 heteroatoms. The van der Waals surface area contributed by atoms with E-state index in [1.807, 2.05) is 6.07 Å². The molecule has 2 saturated heterocycles. The average Bonchev–Trinajstić information content (AvgIpc) is 2.69. The van der Waals surface area contributed by atoms with Crippen molar-refractivity contribution in [1.82, 2.24) is 15.5 Å². The molecular weight excluding hydrogens is 349 g/mol. The molecule has 0 bridgehead atoms. The molecule has 6 nitrogen and oxygen atoms in total.